The Labute approximate surface area is 102 Å². The van der Waals surface area contributed by atoms with Gasteiger partial charge in [0.05, 0.1) is 0 Å². The van der Waals surface area contributed by atoms with Gasteiger partial charge in [0.1, 0.15) is 10.8 Å². The summed E-state index contributed by atoms with van der Waals surface area (Å²) in [6.07, 6.45) is 5.06. The van der Waals surface area contributed by atoms with Crippen LogP contribution >= 0.6 is 11.5 Å². The van der Waals surface area contributed by atoms with Crippen molar-refractivity contribution in [3.8, 4) is 0 Å². The second-order valence-corrected chi connectivity index (χ2v) is 5.82. The molecule has 16 heavy (non-hydrogen) atoms. The highest BCUT2D eigenvalue weighted by molar-refractivity contribution is 7.10. The molecule has 0 unspecified atom stereocenters. The van der Waals surface area contributed by atoms with E-state index in [1.165, 1.54) is 47.8 Å². The second kappa shape index (κ2) is 5.04. The first kappa shape index (κ1) is 11.7. The first-order valence-corrected chi connectivity index (χ1v) is 6.94. The molecule has 2 rings (SSSR count). The molecular weight excluding hydrogens is 218 g/mol. The van der Waals surface area contributed by atoms with Crippen LogP contribution in [0.1, 0.15) is 51.0 Å². The van der Waals surface area contributed by atoms with Gasteiger partial charge in [-0.3, -0.25) is 0 Å². The van der Waals surface area contributed by atoms with E-state index in [0.717, 1.165) is 18.3 Å². The Morgan fingerprint density at radius 3 is 2.88 bits per heavy atom. The highest BCUT2D eigenvalue weighted by Crippen LogP contribution is 2.47. The molecule has 0 atom stereocenters. The number of rotatable bonds is 6. The molecule has 4 heteroatoms. The van der Waals surface area contributed by atoms with Gasteiger partial charge in [-0.2, -0.15) is 4.37 Å². The lowest BCUT2D eigenvalue weighted by molar-refractivity contribution is 0.567. The zero-order chi connectivity index (χ0) is 11.5. The maximum Gasteiger partial charge on any atom is 0.142 e. The van der Waals surface area contributed by atoms with Crippen LogP contribution in [-0.4, -0.2) is 10.9 Å². The largest absolute Gasteiger partial charge is 0.383 e. The molecule has 1 saturated carbocycles. The van der Waals surface area contributed by atoms with Crippen LogP contribution in [0.4, 0.5) is 10.8 Å². The minimum Gasteiger partial charge on any atom is -0.383 e. The van der Waals surface area contributed by atoms with Gasteiger partial charge < -0.3 is 11.1 Å². The molecule has 3 N–H and O–H groups in total. The summed E-state index contributed by atoms with van der Waals surface area (Å²) in [5, 5.41) is 4.70. The van der Waals surface area contributed by atoms with Crippen LogP contribution in [0.2, 0.25) is 0 Å². The molecule has 1 fully saturated rings. The predicted octanol–water partition coefficient (Wildman–Crippen LogP) is 3.45. The smallest absolute Gasteiger partial charge is 0.142 e. The summed E-state index contributed by atoms with van der Waals surface area (Å²) in [6, 6.07) is 0. The second-order valence-electron chi connectivity index (χ2n) is 5.05. The number of nitrogens with one attached hydrogen (secondary N) is 1. The molecule has 0 amide bonds. The van der Waals surface area contributed by atoms with Gasteiger partial charge in [-0.05, 0) is 49.1 Å². The Balaban J connectivity index is 1.84. The van der Waals surface area contributed by atoms with Crippen molar-refractivity contribution in [3.05, 3.63) is 5.56 Å². The van der Waals surface area contributed by atoms with Gasteiger partial charge in [-0.1, -0.05) is 13.8 Å². The van der Waals surface area contributed by atoms with Crippen LogP contribution in [0.15, 0.2) is 0 Å². The zero-order valence-electron chi connectivity index (χ0n) is 10.1. The number of hydrogen-bond donors (Lipinski definition) is 2. The van der Waals surface area contributed by atoms with Crippen LogP contribution < -0.4 is 11.1 Å². The van der Waals surface area contributed by atoms with Crippen molar-refractivity contribution in [1.29, 1.82) is 0 Å². The van der Waals surface area contributed by atoms with Crippen molar-refractivity contribution in [1.82, 2.24) is 4.37 Å². The van der Waals surface area contributed by atoms with Gasteiger partial charge in [-0.15, -0.1) is 0 Å². The van der Waals surface area contributed by atoms with Crippen molar-refractivity contribution in [2.75, 3.05) is 17.6 Å². The van der Waals surface area contributed by atoms with Crippen molar-refractivity contribution in [2.45, 2.75) is 45.4 Å². The lowest BCUT2D eigenvalue weighted by atomic mass is 10.1. The molecule has 1 aromatic rings. The summed E-state index contributed by atoms with van der Waals surface area (Å²) in [5.41, 5.74) is 7.18. The van der Waals surface area contributed by atoms with Crippen LogP contribution in [0, 0.1) is 5.92 Å². The summed E-state index contributed by atoms with van der Waals surface area (Å²) in [7, 11) is 0. The van der Waals surface area contributed by atoms with Crippen molar-refractivity contribution in [2.24, 2.45) is 5.92 Å². The Kier molecular flexibility index (Phi) is 3.69. The molecule has 0 spiro atoms. The molecule has 0 bridgehead atoms. The van der Waals surface area contributed by atoms with Crippen molar-refractivity contribution < 1.29 is 0 Å². The Morgan fingerprint density at radius 1 is 1.50 bits per heavy atom. The van der Waals surface area contributed by atoms with E-state index in [-0.39, 0.29) is 0 Å². The third-order valence-electron chi connectivity index (χ3n) is 2.99. The average molecular weight is 239 g/mol. The molecule has 0 saturated heterocycles. The minimum atomic E-state index is 0.686. The van der Waals surface area contributed by atoms with Crippen LogP contribution in [0.25, 0.3) is 0 Å². The monoisotopic (exact) mass is 239 g/mol. The number of nitrogen functional groups attached to an aromatic ring is 1. The van der Waals surface area contributed by atoms with Gasteiger partial charge in [-0.25, -0.2) is 0 Å². The topological polar surface area (TPSA) is 50.9 Å². The summed E-state index contributed by atoms with van der Waals surface area (Å²) in [5.74, 6) is 2.22. The van der Waals surface area contributed by atoms with E-state index in [0.29, 0.717) is 5.92 Å². The van der Waals surface area contributed by atoms with E-state index in [1.54, 1.807) is 0 Å². The first-order valence-electron chi connectivity index (χ1n) is 6.17. The molecule has 90 valence electrons. The fourth-order valence-electron chi connectivity index (χ4n) is 1.92. The molecule has 0 aromatic carbocycles. The van der Waals surface area contributed by atoms with E-state index in [1.807, 2.05) is 0 Å². The molecular formula is C12H21N3S. The van der Waals surface area contributed by atoms with E-state index >= 15 is 0 Å². The van der Waals surface area contributed by atoms with Gasteiger partial charge in [0.25, 0.3) is 0 Å². The number of aromatic nitrogens is 1. The Morgan fingerprint density at radius 2 is 2.25 bits per heavy atom. The number of nitrogens with two attached hydrogens (primary N) is 1. The highest BCUT2D eigenvalue weighted by atomic mass is 32.1. The van der Waals surface area contributed by atoms with Gasteiger partial charge in [0.15, 0.2) is 0 Å². The zero-order valence-corrected chi connectivity index (χ0v) is 10.9. The summed E-state index contributed by atoms with van der Waals surface area (Å²) in [6.45, 7) is 5.57. The molecule has 1 aliphatic carbocycles. The normalized spacial score (nSPS) is 15.7. The number of hydrogen-bond acceptors (Lipinski definition) is 4. The van der Waals surface area contributed by atoms with Gasteiger partial charge in [0, 0.05) is 12.1 Å². The van der Waals surface area contributed by atoms with Crippen LogP contribution in [0.5, 0.6) is 0 Å². The maximum absolute atomic E-state index is 5.89. The molecule has 1 aromatic heterocycles. The lowest BCUT2D eigenvalue weighted by Crippen LogP contribution is -2.03. The molecule has 1 heterocycles. The van der Waals surface area contributed by atoms with Crippen molar-refractivity contribution >= 4 is 22.4 Å². The molecule has 0 aliphatic heterocycles. The summed E-state index contributed by atoms with van der Waals surface area (Å²) in [4.78, 5) is 0. The van der Waals surface area contributed by atoms with Crippen molar-refractivity contribution in [3.63, 3.8) is 0 Å². The van der Waals surface area contributed by atoms with Crippen LogP contribution in [-0.2, 0) is 0 Å². The fourth-order valence-corrected chi connectivity index (χ4v) is 2.74. The number of anilines is 2. The van der Waals surface area contributed by atoms with E-state index < -0.39 is 0 Å². The standard InChI is InChI=1S/C12H21N3S/c1-8(2)4-3-7-14-12-10(9-5-6-9)11(13)15-16-12/h8-9,14H,3-7H2,1-2H3,(H2,13,15). The van der Waals surface area contributed by atoms with Crippen LogP contribution in [0.3, 0.4) is 0 Å². The molecule has 1 aliphatic rings. The summed E-state index contributed by atoms with van der Waals surface area (Å²) >= 11 is 1.52. The van der Waals surface area contributed by atoms with Gasteiger partial charge >= 0.3 is 0 Å². The third kappa shape index (κ3) is 2.88. The van der Waals surface area contributed by atoms with Gasteiger partial charge in [0.2, 0.25) is 0 Å². The Hall–Kier alpha value is -0.770. The Bertz CT molecular complexity index is 342. The predicted molar refractivity (Wildman–Crippen MR) is 71.1 cm³/mol. The highest BCUT2D eigenvalue weighted by Gasteiger charge is 2.30. The third-order valence-corrected chi connectivity index (χ3v) is 3.82. The quantitative estimate of drug-likeness (QED) is 0.748. The van der Waals surface area contributed by atoms with E-state index in [9.17, 15) is 0 Å². The lowest BCUT2D eigenvalue weighted by Gasteiger charge is -2.07. The maximum atomic E-state index is 5.89. The SMILES string of the molecule is CC(C)CCCNc1snc(N)c1C1CC1. The summed E-state index contributed by atoms with van der Waals surface area (Å²) < 4.78 is 4.25. The van der Waals surface area contributed by atoms with E-state index in [4.69, 9.17) is 5.73 Å². The fraction of sp³-hybridized carbons (Fsp3) is 0.750. The average Bonchev–Trinajstić information content (AvgIpc) is 2.99. The van der Waals surface area contributed by atoms with E-state index in [2.05, 4.69) is 23.5 Å². The first-order chi connectivity index (χ1) is 7.68. The molecule has 0 radical (unpaired) electrons. The minimum absolute atomic E-state index is 0.686. The molecule has 3 nitrogen and oxygen atoms in total. The number of nitrogens with zero attached hydrogens (tertiary/aromatic N) is 1.